The van der Waals surface area contributed by atoms with Gasteiger partial charge in [0.05, 0.1) is 22.8 Å². The van der Waals surface area contributed by atoms with E-state index < -0.39 is 6.10 Å². The van der Waals surface area contributed by atoms with Crippen molar-refractivity contribution in [2.24, 2.45) is 0 Å². The van der Waals surface area contributed by atoms with Gasteiger partial charge in [-0.15, -0.1) is 0 Å². The molecule has 0 aliphatic carbocycles. The van der Waals surface area contributed by atoms with Gasteiger partial charge in [-0.25, -0.2) is 0 Å². The van der Waals surface area contributed by atoms with Crippen molar-refractivity contribution in [3.63, 3.8) is 0 Å². The molecule has 2 saturated heterocycles. The monoisotopic (exact) mass is 455 g/mol. The van der Waals surface area contributed by atoms with Crippen molar-refractivity contribution in [2.45, 2.75) is 25.0 Å². The first-order valence-electron chi connectivity index (χ1n) is 10.1. The quantitative estimate of drug-likeness (QED) is 0.634. The van der Waals surface area contributed by atoms with E-state index in [1.807, 2.05) is 4.90 Å². The number of carbonyl (C=O) groups excluding carboxylic acids is 2. The molecular formula is C21H27Cl2N3O4. The number of amides is 2. The van der Waals surface area contributed by atoms with Crippen LogP contribution in [0.2, 0.25) is 10.0 Å². The van der Waals surface area contributed by atoms with E-state index in [1.54, 1.807) is 34.1 Å². The molecule has 2 N–H and O–H groups in total. The number of aliphatic hydroxyl groups excluding tert-OH is 2. The maximum absolute atomic E-state index is 12.6. The largest absolute Gasteiger partial charge is 0.395 e. The number of aliphatic hydroxyl groups is 2. The van der Waals surface area contributed by atoms with Crippen molar-refractivity contribution in [1.82, 2.24) is 14.7 Å². The zero-order valence-electron chi connectivity index (χ0n) is 16.7. The van der Waals surface area contributed by atoms with Crippen LogP contribution in [0.3, 0.4) is 0 Å². The van der Waals surface area contributed by atoms with Crippen molar-refractivity contribution in [3.05, 3.63) is 39.9 Å². The summed E-state index contributed by atoms with van der Waals surface area (Å²) in [5.41, 5.74) is 0.775. The van der Waals surface area contributed by atoms with Crippen LogP contribution in [0, 0.1) is 0 Å². The molecule has 0 aromatic heterocycles. The minimum absolute atomic E-state index is 0.00154. The van der Waals surface area contributed by atoms with Crippen molar-refractivity contribution in [3.8, 4) is 0 Å². The lowest BCUT2D eigenvalue weighted by molar-refractivity contribution is -0.130. The van der Waals surface area contributed by atoms with E-state index >= 15 is 0 Å². The first-order chi connectivity index (χ1) is 14.4. The summed E-state index contributed by atoms with van der Waals surface area (Å²) >= 11 is 11.9. The number of hydrogen-bond donors (Lipinski definition) is 2. The molecule has 0 bridgehead atoms. The van der Waals surface area contributed by atoms with Crippen molar-refractivity contribution >= 4 is 41.1 Å². The molecule has 7 nitrogen and oxygen atoms in total. The third-order valence-corrected chi connectivity index (χ3v) is 6.37. The summed E-state index contributed by atoms with van der Waals surface area (Å²) in [6, 6.07) is 5.08. The fraction of sp³-hybridized carbons (Fsp3) is 0.524. The Bertz CT molecular complexity index is 804. The normalized spacial score (nSPS) is 23.4. The Labute approximate surface area is 186 Å². The number of likely N-dealkylation sites (tertiary alicyclic amines) is 1. The fourth-order valence-electron chi connectivity index (χ4n) is 3.88. The van der Waals surface area contributed by atoms with Crippen LogP contribution in [0.4, 0.5) is 0 Å². The Morgan fingerprint density at radius 1 is 1.17 bits per heavy atom. The fourth-order valence-corrected chi connectivity index (χ4v) is 4.19. The molecule has 2 aliphatic heterocycles. The highest BCUT2D eigenvalue weighted by Gasteiger charge is 2.31. The molecule has 0 saturated carbocycles. The van der Waals surface area contributed by atoms with Gasteiger partial charge >= 0.3 is 0 Å². The Morgan fingerprint density at radius 2 is 1.97 bits per heavy atom. The highest BCUT2D eigenvalue weighted by Crippen LogP contribution is 2.23. The van der Waals surface area contributed by atoms with Crippen LogP contribution in [-0.2, 0) is 9.59 Å². The van der Waals surface area contributed by atoms with Crippen molar-refractivity contribution in [2.75, 3.05) is 45.9 Å². The molecule has 2 fully saturated rings. The summed E-state index contributed by atoms with van der Waals surface area (Å²) in [5.74, 6) is -0.141. The number of carbonyl (C=O) groups is 2. The molecule has 0 radical (unpaired) electrons. The summed E-state index contributed by atoms with van der Waals surface area (Å²) in [7, 11) is 0. The standard InChI is InChI=1S/C21H27Cl2N3O4/c22-18-3-1-15(11-19(18)23)2-4-20(29)24-6-5-21(30)25(8-7-24)9-10-26-13-17(28)12-16(26)14-27/h1-4,11,16-17,27-28H,5-10,12-14H2/t16-,17-/m0/s1. The van der Waals surface area contributed by atoms with E-state index in [0.717, 1.165) is 5.56 Å². The number of halogens is 2. The summed E-state index contributed by atoms with van der Waals surface area (Å²) < 4.78 is 0. The van der Waals surface area contributed by atoms with Gasteiger partial charge in [0.2, 0.25) is 11.8 Å². The van der Waals surface area contributed by atoms with Crippen LogP contribution < -0.4 is 0 Å². The second-order valence-electron chi connectivity index (χ2n) is 7.68. The van der Waals surface area contributed by atoms with Gasteiger partial charge in [0.1, 0.15) is 0 Å². The summed E-state index contributed by atoms with van der Waals surface area (Å²) in [6.45, 7) is 2.92. The highest BCUT2D eigenvalue weighted by atomic mass is 35.5. The molecule has 30 heavy (non-hydrogen) atoms. The second-order valence-corrected chi connectivity index (χ2v) is 8.50. The molecule has 2 amide bonds. The molecule has 1 aromatic rings. The number of hydrogen-bond acceptors (Lipinski definition) is 5. The Balaban J connectivity index is 1.52. The summed E-state index contributed by atoms with van der Waals surface area (Å²) in [4.78, 5) is 30.5. The molecule has 0 spiro atoms. The van der Waals surface area contributed by atoms with Gasteiger partial charge in [-0.2, -0.15) is 0 Å². The van der Waals surface area contributed by atoms with Gasteiger partial charge in [0, 0.05) is 57.8 Å². The van der Waals surface area contributed by atoms with E-state index in [0.29, 0.717) is 55.7 Å². The first-order valence-corrected chi connectivity index (χ1v) is 10.9. The van der Waals surface area contributed by atoms with E-state index in [2.05, 4.69) is 0 Å². The number of β-amino-alcohol motifs (C(OH)–C–C–N with tert-alkyl or cyclic N) is 1. The lowest BCUT2D eigenvalue weighted by Crippen LogP contribution is -2.42. The minimum atomic E-state index is -0.433. The van der Waals surface area contributed by atoms with E-state index in [1.165, 1.54) is 6.08 Å². The second kappa shape index (κ2) is 10.6. The lowest BCUT2D eigenvalue weighted by atomic mass is 10.2. The van der Waals surface area contributed by atoms with Crippen LogP contribution in [-0.4, -0.2) is 94.7 Å². The third kappa shape index (κ3) is 5.95. The number of nitrogens with zero attached hydrogens (tertiary/aromatic N) is 3. The Morgan fingerprint density at radius 3 is 2.70 bits per heavy atom. The topological polar surface area (TPSA) is 84.3 Å². The van der Waals surface area contributed by atoms with Gasteiger partial charge in [-0.3, -0.25) is 14.5 Å². The third-order valence-electron chi connectivity index (χ3n) is 5.64. The van der Waals surface area contributed by atoms with E-state index in [9.17, 15) is 19.8 Å². The minimum Gasteiger partial charge on any atom is -0.395 e. The van der Waals surface area contributed by atoms with Crippen LogP contribution in [0.15, 0.2) is 24.3 Å². The van der Waals surface area contributed by atoms with Gasteiger partial charge in [0.15, 0.2) is 0 Å². The molecule has 3 rings (SSSR count). The summed E-state index contributed by atoms with van der Waals surface area (Å²) in [6.07, 6.45) is 3.56. The van der Waals surface area contributed by atoms with Crippen molar-refractivity contribution < 1.29 is 19.8 Å². The molecule has 9 heteroatoms. The SMILES string of the molecule is O=C(C=Cc1ccc(Cl)c(Cl)c1)N1CCC(=O)N(CCN2C[C@@H](O)C[C@H]2CO)CC1. The highest BCUT2D eigenvalue weighted by molar-refractivity contribution is 6.42. The maximum Gasteiger partial charge on any atom is 0.246 e. The first kappa shape index (κ1) is 23.0. The number of rotatable bonds is 6. The van der Waals surface area contributed by atoms with Crippen LogP contribution in [0.5, 0.6) is 0 Å². The van der Waals surface area contributed by atoms with E-state index in [4.69, 9.17) is 23.2 Å². The molecule has 164 valence electrons. The lowest BCUT2D eigenvalue weighted by Gasteiger charge is -2.27. The zero-order chi connectivity index (χ0) is 21.7. The predicted octanol–water partition coefficient (Wildman–Crippen LogP) is 1.50. The smallest absolute Gasteiger partial charge is 0.246 e. The predicted molar refractivity (Wildman–Crippen MR) is 116 cm³/mol. The van der Waals surface area contributed by atoms with Gasteiger partial charge in [-0.1, -0.05) is 29.3 Å². The molecule has 2 atom stereocenters. The summed E-state index contributed by atoms with van der Waals surface area (Å²) in [5, 5.41) is 20.1. The molecule has 1 aromatic carbocycles. The average Bonchev–Trinajstić information content (AvgIpc) is 2.99. The molecule has 2 aliphatic rings. The molecule has 0 unspecified atom stereocenters. The van der Waals surface area contributed by atoms with Crippen LogP contribution in [0.25, 0.3) is 6.08 Å². The van der Waals surface area contributed by atoms with Crippen LogP contribution >= 0.6 is 23.2 Å². The van der Waals surface area contributed by atoms with Crippen LogP contribution in [0.1, 0.15) is 18.4 Å². The number of benzene rings is 1. The molecule has 2 heterocycles. The van der Waals surface area contributed by atoms with Gasteiger partial charge < -0.3 is 20.0 Å². The van der Waals surface area contributed by atoms with Gasteiger partial charge in [0.25, 0.3) is 0 Å². The average molecular weight is 456 g/mol. The Kier molecular flexibility index (Phi) is 8.13. The zero-order valence-corrected chi connectivity index (χ0v) is 18.2. The van der Waals surface area contributed by atoms with E-state index in [-0.39, 0.29) is 30.9 Å². The maximum atomic E-state index is 12.6. The van der Waals surface area contributed by atoms with Crippen molar-refractivity contribution in [1.29, 1.82) is 0 Å². The van der Waals surface area contributed by atoms with Gasteiger partial charge in [-0.05, 0) is 30.2 Å². The Hall–Kier alpha value is -1.64. The molecular weight excluding hydrogens is 429 g/mol.